The zero-order chi connectivity index (χ0) is 21.9. The fourth-order valence-electron chi connectivity index (χ4n) is 3.35. The largest absolute Gasteiger partial charge is 0.325 e. The molecular formula is C22H26N4O3S. The normalized spacial score (nSPS) is 18.3. The Labute approximate surface area is 180 Å². The molecule has 0 saturated carbocycles. The van der Waals surface area contributed by atoms with Gasteiger partial charge in [-0.3, -0.25) is 19.4 Å². The van der Waals surface area contributed by atoms with E-state index in [1.165, 1.54) is 33.6 Å². The second-order valence-electron chi connectivity index (χ2n) is 7.79. The average molecular weight is 427 g/mol. The lowest BCUT2D eigenvalue weighted by atomic mass is 9.95. The van der Waals surface area contributed by atoms with Gasteiger partial charge in [0.15, 0.2) is 5.13 Å². The van der Waals surface area contributed by atoms with Gasteiger partial charge in [0.05, 0.1) is 17.9 Å². The van der Waals surface area contributed by atoms with E-state index in [-0.39, 0.29) is 18.4 Å². The third-order valence-electron chi connectivity index (χ3n) is 4.92. The van der Waals surface area contributed by atoms with Gasteiger partial charge in [0, 0.05) is 12.3 Å². The minimum Gasteiger partial charge on any atom is -0.323 e. The van der Waals surface area contributed by atoms with E-state index in [0.717, 1.165) is 0 Å². The Morgan fingerprint density at radius 3 is 2.57 bits per heavy atom. The van der Waals surface area contributed by atoms with Crippen LogP contribution >= 0.6 is 11.3 Å². The van der Waals surface area contributed by atoms with Gasteiger partial charge < -0.3 is 5.32 Å². The molecule has 1 atom stereocenters. The fraction of sp³-hybridized carbons (Fsp3) is 0.364. The highest BCUT2D eigenvalue weighted by atomic mass is 32.1. The number of benzene rings is 1. The maximum atomic E-state index is 12.9. The van der Waals surface area contributed by atoms with E-state index < -0.39 is 11.6 Å². The van der Waals surface area contributed by atoms with Gasteiger partial charge in [-0.25, -0.2) is 9.78 Å². The fourth-order valence-corrected chi connectivity index (χ4v) is 4.23. The molecule has 1 aromatic heterocycles. The van der Waals surface area contributed by atoms with E-state index in [1.807, 2.05) is 44.2 Å². The molecule has 1 aliphatic heterocycles. The summed E-state index contributed by atoms with van der Waals surface area (Å²) in [6, 6.07) is 8.82. The molecule has 1 N–H and O–H groups in total. The molecule has 30 heavy (non-hydrogen) atoms. The summed E-state index contributed by atoms with van der Waals surface area (Å²) < 4.78 is 0. The molecule has 3 rings (SSSR count). The average Bonchev–Trinajstić information content (AvgIpc) is 3.21. The van der Waals surface area contributed by atoms with Crippen LogP contribution in [0.2, 0.25) is 0 Å². The van der Waals surface area contributed by atoms with Crippen LogP contribution in [0.1, 0.15) is 46.2 Å². The molecule has 7 nitrogen and oxygen atoms in total. The van der Waals surface area contributed by atoms with Crippen molar-refractivity contribution < 1.29 is 14.4 Å². The summed E-state index contributed by atoms with van der Waals surface area (Å²) in [4.78, 5) is 44.8. The van der Waals surface area contributed by atoms with E-state index in [4.69, 9.17) is 0 Å². The Kier molecular flexibility index (Phi) is 6.36. The molecule has 1 aliphatic rings. The van der Waals surface area contributed by atoms with Crippen LogP contribution in [0.5, 0.6) is 0 Å². The Balaban J connectivity index is 1.75. The number of amides is 4. The minimum atomic E-state index is -0.919. The predicted octanol–water partition coefficient (Wildman–Crippen LogP) is 4.38. The number of allylic oxidation sites excluding steroid dienone is 2. The number of aromatic nitrogens is 1. The van der Waals surface area contributed by atoms with Crippen LogP contribution in [-0.4, -0.2) is 33.3 Å². The third-order valence-corrected chi connectivity index (χ3v) is 5.80. The van der Waals surface area contributed by atoms with Crippen molar-refractivity contribution in [3.05, 3.63) is 53.1 Å². The first kappa shape index (κ1) is 21.7. The quantitative estimate of drug-likeness (QED) is 0.526. The van der Waals surface area contributed by atoms with Crippen molar-refractivity contribution >= 4 is 40.0 Å². The molecule has 0 bridgehead atoms. The lowest BCUT2D eigenvalue weighted by molar-refractivity contribution is -0.131. The lowest BCUT2D eigenvalue weighted by Crippen LogP contribution is -2.43. The van der Waals surface area contributed by atoms with E-state index in [9.17, 15) is 14.4 Å². The van der Waals surface area contributed by atoms with E-state index in [1.54, 1.807) is 12.3 Å². The van der Waals surface area contributed by atoms with Crippen LogP contribution in [-0.2, 0) is 16.1 Å². The molecule has 158 valence electrons. The number of anilines is 2. The monoisotopic (exact) mass is 426 g/mol. The summed E-state index contributed by atoms with van der Waals surface area (Å²) in [6.45, 7) is 7.31. The van der Waals surface area contributed by atoms with E-state index in [0.29, 0.717) is 29.4 Å². The third kappa shape index (κ3) is 4.59. The van der Waals surface area contributed by atoms with Gasteiger partial charge in [-0.2, -0.15) is 0 Å². The van der Waals surface area contributed by atoms with Gasteiger partial charge in [-0.15, -0.1) is 11.3 Å². The number of thiazole rings is 1. The molecule has 2 heterocycles. The highest BCUT2D eigenvalue weighted by molar-refractivity contribution is 7.14. The zero-order valence-corrected chi connectivity index (χ0v) is 18.5. The maximum Gasteiger partial charge on any atom is 0.325 e. The number of carbonyl (C=O) groups is 3. The smallest absolute Gasteiger partial charge is 0.323 e. The number of nitrogens with one attached hydrogen (secondary N) is 1. The Bertz CT molecular complexity index is 981. The van der Waals surface area contributed by atoms with E-state index >= 15 is 0 Å². The van der Waals surface area contributed by atoms with Gasteiger partial charge in [0.2, 0.25) is 5.91 Å². The van der Waals surface area contributed by atoms with Crippen LogP contribution < -0.4 is 10.2 Å². The maximum absolute atomic E-state index is 12.9. The minimum absolute atomic E-state index is 0.0694. The predicted molar refractivity (Wildman–Crippen MR) is 118 cm³/mol. The highest BCUT2D eigenvalue weighted by Crippen LogP contribution is 2.30. The van der Waals surface area contributed by atoms with Gasteiger partial charge in [0.25, 0.3) is 5.91 Å². The van der Waals surface area contributed by atoms with Crippen molar-refractivity contribution in [2.24, 2.45) is 0 Å². The number of urea groups is 1. The highest BCUT2D eigenvalue weighted by Gasteiger charge is 2.47. The molecule has 1 fully saturated rings. The van der Waals surface area contributed by atoms with Crippen LogP contribution in [0.3, 0.4) is 0 Å². The summed E-state index contributed by atoms with van der Waals surface area (Å²) >= 11 is 1.30. The lowest BCUT2D eigenvalue weighted by Gasteiger charge is -2.20. The summed E-state index contributed by atoms with van der Waals surface area (Å²) in [6.07, 6.45) is 3.30. The van der Waals surface area contributed by atoms with Gasteiger partial charge >= 0.3 is 6.03 Å². The Morgan fingerprint density at radius 1 is 1.23 bits per heavy atom. The number of hydrogen-bond donors (Lipinski definition) is 1. The van der Waals surface area contributed by atoms with Gasteiger partial charge in [0.1, 0.15) is 5.54 Å². The SMILES string of the molecule is CC(=O)N(c1ccccc1)c1nc(CN2C(=O)N[C@](C)(CCC=C(C)C)C2=O)cs1. The number of nitrogens with zero attached hydrogens (tertiary/aromatic N) is 3. The van der Waals surface area contributed by atoms with Gasteiger partial charge in [-0.1, -0.05) is 29.8 Å². The number of imide groups is 1. The molecule has 1 aromatic carbocycles. The van der Waals surface area contributed by atoms with Crippen molar-refractivity contribution in [2.75, 3.05) is 4.90 Å². The van der Waals surface area contributed by atoms with Crippen molar-refractivity contribution in [3.8, 4) is 0 Å². The number of rotatable bonds is 7. The summed E-state index contributed by atoms with van der Waals surface area (Å²) in [5, 5.41) is 5.09. The second-order valence-corrected chi connectivity index (χ2v) is 8.62. The molecule has 0 spiro atoms. The van der Waals surface area contributed by atoms with Crippen molar-refractivity contribution in [3.63, 3.8) is 0 Å². The molecule has 4 amide bonds. The zero-order valence-electron chi connectivity index (χ0n) is 17.6. The second kappa shape index (κ2) is 8.79. The van der Waals surface area contributed by atoms with Crippen molar-refractivity contribution in [1.82, 2.24) is 15.2 Å². The first-order valence-corrected chi connectivity index (χ1v) is 10.7. The molecule has 0 unspecified atom stereocenters. The topological polar surface area (TPSA) is 82.6 Å². The number of carbonyl (C=O) groups excluding carboxylic acids is 3. The number of para-hydroxylation sites is 1. The summed E-state index contributed by atoms with van der Waals surface area (Å²) in [5.41, 5.74) is 1.54. The van der Waals surface area contributed by atoms with E-state index in [2.05, 4.69) is 16.4 Å². The van der Waals surface area contributed by atoms with Crippen LogP contribution in [0, 0.1) is 0 Å². The molecule has 8 heteroatoms. The van der Waals surface area contributed by atoms with Crippen molar-refractivity contribution in [1.29, 1.82) is 0 Å². The Hall–Kier alpha value is -3.00. The summed E-state index contributed by atoms with van der Waals surface area (Å²) in [5.74, 6) is -0.417. The van der Waals surface area contributed by atoms with Crippen molar-refractivity contribution in [2.45, 2.75) is 52.6 Å². The first-order valence-electron chi connectivity index (χ1n) is 9.79. The molecule has 1 saturated heterocycles. The molecule has 2 aromatic rings. The summed E-state index contributed by atoms with van der Waals surface area (Å²) in [7, 11) is 0. The standard InChI is InChI=1S/C22H26N4O3S/c1-15(2)9-8-12-22(4)19(28)25(20(29)24-22)13-17-14-30-21(23-17)26(16(3)27)18-10-6-5-7-11-18/h5-7,9-11,14H,8,12-13H2,1-4H3,(H,24,29)/t22-/m1/s1. The van der Waals surface area contributed by atoms with Gasteiger partial charge in [-0.05, 0) is 45.7 Å². The van der Waals surface area contributed by atoms with Crippen LogP contribution in [0.15, 0.2) is 47.4 Å². The molecular weight excluding hydrogens is 400 g/mol. The Morgan fingerprint density at radius 2 is 1.93 bits per heavy atom. The molecule has 0 aliphatic carbocycles. The molecule has 0 radical (unpaired) electrons. The number of hydrogen-bond acceptors (Lipinski definition) is 5. The van der Waals surface area contributed by atoms with Crippen LogP contribution in [0.4, 0.5) is 15.6 Å². The first-order chi connectivity index (χ1) is 14.2. The van der Waals surface area contributed by atoms with Crippen LogP contribution in [0.25, 0.3) is 0 Å².